The van der Waals surface area contributed by atoms with E-state index in [4.69, 9.17) is 9.47 Å². The Labute approximate surface area is 161 Å². The molecule has 0 aliphatic rings. The van der Waals surface area contributed by atoms with Crippen molar-refractivity contribution in [1.82, 2.24) is 25.4 Å². The van der Waals surface area contributed by atoms with Crippen LogP contribution in [-0.2, 0) is 18.4 Å². The topological polar surface area (TPSA) is 107 Å². The number of nitrogens with zero attached hydrogens (tertiary/aromatic N) is 3. The lowest BCUT2D eigenvalue weighted by atomic mass is 10.3. The van der Waals surface area contributed by atoms with Crippen LogP contribution in [0, 0.1) is 0 Å². The summed E-state index contributed by atoms with van der Waals surface area (Å²) in [5.74, 6) is 1.70. The third-order valence-corrected chi connectivity index (χ3v) is 4.38. The highest BCUT2D eigenvalue weighted by Gasteiger charge is 2.14. The molecule has 1 heterocycles. The van der Waals surface area contributed by atoms with Crippen LogP contribution in [0.25, 0.3) is 0 Å². The van der Waals surface area contributed by atoms with Crippen LogP contribution in [-0.4, -0.2) is 45.6 Å². The molecule has 146 valence electrons. The molecule has 0 spiro atoms. The summed E-state index contributed by atoms with van der Waals surface area (Å²) in [6.07, 6.45) is 0. The van der Waals surface area contributed by atoms with E-state index in [1.165, 1.54) is 11.8 Å². The first-order chi connectivity index (χ1) is 12.9. The Balaban J connectivity index is 1.83. The number of benzene rings is 1. The Morgan fingerprint density at radius 2 is 1.85 bits per heavy atom. The van der Waals surface area contributed by atoms with Gasteiger partial charge in [-0.2, -0.15) is 0 Å². The second kappa shape index (κ2) is 9.81. The first-order valence-electron chi connectivity index (χ1n) is 8.27. The van der Waals surface area contributed by atoms with Crippen molar-refractivity contribution in [1.29, 1.82) is 0 Å². The van der Waals surface area contributed by atoms with Crippen LogP contribution in [0.4, 0.5) is 4.79 Å². The molecule has 2 rings (SSSR count). The van der Waals surface area contributed by atoms with Crippen LogP contribution in [0.2, 0.25) is 0 Å². The minimum atomic E-state index is -0.512. The van der Waals surface area contributed by atoms with Gasteiger partial charge in [0, 0.05) is 13.1 Å². The summed E-state index contributed by atoms with van der Waals surface area (Å²) in [5.41, 5.74) is 0. The zero-order valence-corrected chi connectivity index (χ0v) is 16.5. The van der Waals surface area contributed by atoms with Crippen LogP contribution in [0.1, 0.15) is 19.7 Å². The first kappa shape index (κ1) is 20.6. The number of amides is 3. The van der Waals surface area contributed by atoms with Gasteiger partial charge in [0.15, 0.2) is 11.0 Å². The summed E-state index contributed by atoms with van der Waals surface area (Å²) in [6.45, 7) is 3.86. The van der Waals surface area contributed by atoms with Gasteiger partial charge in [-0.25, -0.2) is 4.79 Å². The summed E-state index contributed by atoms with van der Waals surface area (Å²) in [4.78, 5) is 23.3. The van der Waals surface area contributed by atoms with Gasteiger partial charge in [0.1, 0.15) is 18.1 Å². The van der Waals surface area contributed by atoms with Gasteiger partial charge in [0.2, 0.25) is 5.91 Å². The molecular weight excluding hydrogens is 370 g/mol. The van der Waals surface area contributed by atoms with Crippen LogP contribution in [0.5, 0.6) is 11.5 Å². The molecule has 1 aromatic heterocycles. The highest BCUT2D eigenvalue weighted by atomic mass is 32.2. The smallest absolute Gasteiger partial charge is 0.321 e. The number of nitrogens with one attached hydrogen (secondary N) is 2. The van der Waals surface area contributed by atoms with E-state index in [0.29, 0.717) is 16.7 Å². The third kappa shape index (κ3) is 6.48. The highest BCUT2D eigenvalue weighted by molar-refractivity contribution is 7.99. The van der Waals surface area contributed by atoms with E-state index in [2.05, 4.69) is 20.8 Å². The van der Waals surface area contributed by atoms with Crippen molar-refractivity contribution < 1.29 is 19.1 Å². The number of ether oxygens (including phenoxy) is 2. The molecule has 0 fully saturated rings. The lowest BCUT2D eigenvalue weighted by molar-refractivity contribution is -0.117. The van der Waals surface area contributed by atoms with E-state index in [1.807, 2.05) is 13.8 Å². The third-order valence-electron chi connectivity index (χ3n) is 3.36. The van der Waals surface area contributed by atoms with Crippen molar-refractivity contribution >= 4 is 23.7 Å². The van der Waals surface area contributed by atoms with E-state index in [0.717, 1.165) is 5.75 Å². The largest absolute Gasteiger partial charge is 0.497 e. The molecule has 10 heteroatoms. The number of aromatic nitrogens is 3. The lowest BCUT2D eigenvalue weighted by Gasteiger charge is -2.09. The van der Waals surface area contributed by atoms with Crippen LogP contribution < -0.4 is 20.1 Å². The number of carbonyl (C=O) groups is 2. The molecule has 0 radical (unpaired) electrons. The molecule has 2 aromatic rings. The molecule has 27 heavy (non-hydrogen) atoms. The normalized spacial score (nSPS) is 10.6. The molecule has 2 N–H and O–H groups in total. The number of hydrogen-bond acceptors (Lipinski definition) is 7. The number of rotatable bonds is 8. The summed E-state index contributed by atoms with van der Waals surface area (Å²) in [7, 11) is 3.39. The van der Waals surface area contributed by atoms with Crippen molar-refractivity contribution in [3.05, 3.63) is 30.1 Å². The quantitative estimate of drug-likeness (QED) is 0.658. The van der Waals surface area contributed by atoms with Crippen molar-refractivity contribution in [3.8, 4) is 11.5 Å². The van der Waals surface area contributed by atoms with E-state index in [9.17, 15) is 9.59 Å². The summed E-state index contributed by atoms with van der Waals surface area (Å²) in [5, 5.41) is 13.5. The molecule has 0 bridgehead atoms. The summed E-state index contributed by atoms with van der Waals surface area (Å²) in [6, 6.07) is 6.66. The van der Waals surface area contributed by atoms with Gasteiger partial charge < -0.3 is 19.4 Å². The Bertz CT molecular complexity index is 776. The molecule has 9 nitrogen and oxygen atoms in total. The lowest BCUT2D eigenvalue weighted by Crippen LogP contribution is -2.43. The van der Waals surface area contributed by atoms with E-state index in [-0.39, 0.29) is 18.4 Å². The molecule has 0 aliphatic heterocycles. The van der Waals surface area contributed by atoms with Gasteiger partial charge in [0.05, 0.1) is 12.9 Å². The zero-order valence-electron chi connectivity index (χ0n) is 15.7. The highest BCUT2D eigenvalue weighted by Crippen LogP contribution is 2.19. The van der Waals surface area contributed by atoms with Gasteiger partial charge in [-0.1, -0.05) is 11.8 Å². The van der Waals surface area contributed by atoms with Gasteiger partial charge in [-0.3, -0.25) is 10.1 Å². The molecule has 0 atom stereocenters. The Morgan fingerprint density at radius 1 is 1.19 bits per heavy atom. The fourth-order valence-electron chi connectivity index (χ4n) is 2.01. The molecule has 1 aromatic carbocycles. The van der Waals surface area contributed by atoms with Gasteiger partial charge in [-0.05, 0) is 38.1 Å². The van der Waals surface area contributed by atoms with Crippen LogP contribution in [0.3, 0.4) is 0 Å². The Morgan fingerprint density at radius 3 is 2.48 bits per heavy atom. The van der Waals surface area contributed by atoms with Gasteiger partial charge in [0.25, 0.3) is 0 Å². The maximum atomic E-state index is 11.8. The first-order valence-corrected chi connectivity index (χ1v) is 9.26. The standard InChI is InChI=1S/C17H23N5O4S/c1-11(2)18-16(24)19-15(23)10-27-17-21-20-14(22(17)3)9-26-13-7-5-12(25-4)6-8-13/h5-8,11H,9-10H2,1-4H3,(H2,18,19,23,24). The second-order valence-corrected chi connectivity index (χ2v) is 6.83. The average molecular weight is 393 g/mol. The fraction of sp³-hybridized carbons (Fsp3) is 0.412. The number of urea groups is 1. The predicted molar refractivity (Wildman–Crippen MR) is 101 cm³/mol. The van der Waals surface area contributed by atoms with Gasteiger partial charge >= 0.3 is 6.03 Å². The number of thioether (sulfide) groups is 1. The molecule has 0 saturated heterocycles. The number of carbonyl (C=O) groups excluding carboxylic acids is 2. The molecule has 0 aliphatic carbocycles. The number of hydrogen-bond donors (Lipinski definition) is 2. The van der Waals surface area contributed by atoms with E-state index < -0.39 is 11.9 Å². The Kier molecular flexibility index (Phi) is 7.47. The molecule has 3 amide bonds. The van der Waals surface area contributed by atoms with Crippen molar-refractivity contribution in [3.63, 3.8) is 0 Å². The molecule has 0 saturated carbocycles. The maximum absolute atomic E-state index is 11.8. The van der Waals surface area contributed by atoms with Crippen molar-refractivity contribution in [2.24, 2.45) is 7.05 Å². The van der Waals surface area contributed by atoms with Crippen molar-refractivity contribution in [2.45, 2.75) is 31.7 Å². The number of methoxy groups -OCH3 is 1. The van der Waals surface area contributed by atoms with Gasteiger partial charge in [-0.15, -0.1) is 10.2 Å². The van der Waals surface area contributed by atoms with E-state index >= 15 is 0 Å². The van der Waals surface area contributed by atoms with E-state index in [1.54, 1.807) is 43.0 Å². The number of imide groups is 1. The SMILES string of the molecule is COc1ccc(OCc2nnc(SCC(=O)NC(=O)NC(C)C)n2C)cc1. The fourth-order valence-corrected chi connectivity index (χ4v) is 2.74. The predicted octanol–water partition coefficient (Wildman–Crippen LogP) is 1.73. The minimum Gasteiger partial charge on any atom is -0.497 e. The molecular formula is C17H23N5O4S. The summed E-state index contributed by atoms with van der Waals surface area (Å²) >= 11 is 1.19. The average Bonchev–Trinajstić information content (AvgIpc) is 2.97. The minimum absolute atomic E-state index is 0.0440. The second-order valence-electron chi connectivity index (χ2n) is 5.89. The summed E-state index contributed by atoms with van der Waals surface area (Å²) < 4.78 is 12.5. The molecule has 0 unspecified atom stereocenters. The van der Waals surface area contributed by atoms with Crippen LogP contribution in [0.15, 0.2) is 29.4 Å². The van der Waals surface area contributed by atoms with Crippen LogP contribution >= 0.6 is 11.8 Å². The zero-order chi connectivity index (χ0) is 19.8. The van der Waals surface area contributed by atoms with Crippen molar-refractivity contribution in [2.75, 3.05) is 12.9 Å². The monoisotopic (exact) mass is 393 g/mol. The maximum Gasteiger partial charge on any atom is 0.321 e. The Hall–Kier alpha value is -2.75.